The lowest BCUT2D eigenvalue weighted by molar-refractivity contribution is 0.0955. The Balaban J connectivity index is 1.51. The van der Waals surface area contributed by atoms with Gasteiger partial charge in [0.1, 0.15) is 0 Å². The maximum absolute atomic E-state index is 12.3. The standard InChI is InChI=1S/C18H20N4O3S2/c1-2-27(24,25)22-14-7-5-6-13(12-14)17(23)19-10-11-20-18-21-15-8-3-4-9-16(15)26-18/h3-9,12,22H,2,10-11H2,1H3,(H,19,23)(H,20,21). The molecule has 2 aromatic carbocycles. The van der Waals surface area contributed by atoms with Crippen molar-refractivity contribution in [1.29, 1.82) is 0 Å². The number of fused-ring (bicyclic) bond motifs is 1. The van der Waals surface area contributed by atoms with E-state index in [1.54, 1.807) is 36.5 Å². The number of aromatic nitrogens is 1. The summed E-state index contributed by atoms with van der Waals surface area (Å²) in [4.78, 5) is 16.7. The van der Waals surface area contributed by atoms with Gasteiger partial charge in [-0.2, -0.15) is 0 Å². The largest absolute Gasteiger partial charge is 0.360 e. The first kappa shape index (κ1) is 19.1. The van der Waals surface area contributed by atoms with Gasteiger partial charge in [0, 0.05) is 24.3 Å². The number of amides is 1. The van der Waals surface area contributed by atoms with Crippen LogP contribution in [0.3, 0.4) is 0 Å². The highest BCUT2D eigenvalue weighted by atomic mass is 32.2. The van der Waals surface area contributed by atoms with Crippen LogP contribution in [0.5, 0.6) is 0 Å². The number of rotatable bonds is 8. The first-order chi connectivity index (χ1) is 13.0. The molecule has 1 amide bonds. The Hall–Kier alpha value is -2.65. The lowest BCUT2D eigenvalue weighted by atomic mass is 10.2. The molecule has 1 heterocycles. The van der Waals surface area contributed by atoms with Gasteiger partial charge in [0.15, 0.2) is 5.13 Å². The van der Waals surface area contributed by atoms with Crippen molar-refractivity contribution in [2.45, 2.75) is 6.92 Å². The number of nitrogens with one attached hydrogen (secondary N) is 3. The van der Waals surface area contributed by atoms with Crippen LogP contribution in [0.25, 0.3) is 10.2 Å². The van der Waals surface area contributed by atoms with E-state index in [-0.39, 0.29) is 11.7 Å². The Bertz CT molecular complexity index is 1010. The number of thiazole rings is 1. The number of carbonyl (C=O) groups excluding carboxylic acids is 1. The summed E-state index contributed by atoms with van der Waals surface area (Å²) >= 11 is 1.56. The highest BCUT2D eigenvalue weighted by molar-refractivity contribution is 7.92. The van der Waals surface area contributed by atoms with Gasteiger partial charge in [0.25, 0.3) is 5.91 Å². The van der Waals surface area contributed by atoms with Gasteiger partial charge in [0.2, 0.25) is 10.0 Å². The molecule has 27 heavy (non-hydrogen) atoms. The molecule has 7 nitrogen and oxygen atoms in total. The smallest absolute Gasteiger partial charge is 0.251 e. The van der Waals surface area contributed by atoms with Crippen molar-refractivity contribution < 1.29 is 13.2 Å². The van der Waals surface area contributed by atoms with Gasteiger partial charge in [-0.15, -0.1) is 0 Å². The molecule has 9 heteroatoms. The van der Waals surface area contributed by atoms with E-state index in [9.17, 15) is 13.2 Å². The molecule has 0 unspecified atom stereocenters. The molecule has 0 atom stereocenters. The van der Waals surface area contributed by atoms with E-state index in [0.29, 0.717) is 24.3 Å². The molecule has 3 rings (SSSR count). The molecule has 0 aliphatic rings. The van der Waals surface area contributed by atoms with Gasteiger partial charge in [0.05, 0.1) is 16.0 Å². The Kier molecular flexibility index (Phi) is 5.92. The van der Waals surface area contributed by atoms with Gasteiger partial charge >= 0.3 is 0 Å². The lowest BCUT2D eigenvalue weighted by Gasteiger charge is -2.09. The van der Waals surface area contributed by atoms with Crippen LogP contribution in [0.4, 0.5) is 10.8 Å². The molecule has 3 N–H and O–H groups in total. The highest BCUT2D eigenvalue weighted by Gasteiger charge is 2.10. The lowest BCUT2D eigenvalue weighted by Crippen LogP contribution is -2.28. The van der Waals surface area contributed by atoms with Gasteiger partial charge in [-0.3, -0.25) is 9.52 Å². The van der Waals surface area contributed by atoms with Crippen molar-refractivity contribution >= 4 is 48.3 Å². The van der Waals surface area contributed by atoms with E-state index in [0.717, 1.165) is 15.3 Å². The van der Waals surface area contributed by atoms with Crippen LogP contribution >= 0.6 is 11.3 Å². The summed E-state index contributed by atoms with van der Waals surface area (Å²) in [7, 11) is -3.38. The molecular weight excluding hydrogens is 384 g/mol. The molecule has 0 fully saturated rings. The third-order valence-electron chi connectivity index (χ3n) is 3.76. The van der Waals surface area contributed by atoms with Crippen LogP contribution < -0.4 is 15.4 Å². The second-order valence-corrected chi connectivity index (χ2v) is 8.80. The van der Waals surface area contributed by atoms with Crippen LogP contribution in [-0.2, 0) is 10.0 Å². The molecule has 0 aliphatic carbocycles. The summed E-state index contributed by atoms with van der Waals surface area (Å²) in [6, 6.07) is 14.3. The normalized spacial score (nSPS) is 11.3. The molecule has 0 saturated heterocycles. The molecule has 1 aromatic heterocycles. The van der Waals surface area contributed by atoms with Crippen LogP contribution in [0.2, 0.25) is 0 Å². The van der Waals surface area contributed by atoms with Crippen molar-refractivity contribution in [3.63, 3.8) is 0 Å². The fraction of sp³-hybridized carbons (Fsp3) is 0.222. The Morgan fingerprint density at radius 3 is 2.70 bits per heavy atom. The van der Waals surface area contributed by atoms with E-state index < -0.39 is 10.0 Å². The van der Waals surface area contributed by atoms with E-state index in [1.165, 1.54) is 6.07 Å². The number of hydrogen-bond acceptors (Lipinski definition) is 6. The summed E-state index contributed by atoms with van der Waals surface area (Å²) in [6.45, 7) is 2.50. The fourth-order valence-electron chi connectivity index (χ4n) is 2.37. The molecule has 0 saturated carbocycles. The zero-order valence-electron chi connectivity index (χ0n) is 14.7. The maximum atomic E-state index is 12.3. The molecule has 0 spiro atoms. The van der Waals surface area contributed by atoms with Crippen LogP contribution in [-0.4, -0.2) is 38.2 Å². The zero-order chi connectivity index (χ0) is 19.3. The molecule has 142 valence electrons. The first-order valence-corrected chi connectivity index (χ1v) is 10.9. The average molecular weight is 405 g/mol. The average Bonchev–Trinajstić information content (AvgIpc) is 3.08. The molecule has 0 radical (unpaired) electrons. The second kappa shape index (κ2) is 8.36. The van der Waals surface area contributed by atoms with Crippen molar-refractivity contribution in [3.8, 4) is 0 Å². The predicted octanol–water partition coefficient (Wildman–Crippen LogP) is 2.90. The Morgan fingerprint density at radius 2 is 1.93 bits per heavy atom. The third-order valence-corrected chi connectivity index (χ3v) is 6.06. The minimum absolute atomic E-state index is 0.0269. The molecule has 0 aliphatic heterocycles. The molecule has 3 aromatic rings. The summed E-state index contributed by atoms with van der Waals surface area (Å²) in [5.74, 6) is -0.292. The van der Waals surface area contributed by atoms with Crippen molar-refractivity contribution in [2.75, 3.05) is 28.9 Å². The quantitative estimate of drug-likeness (QED) is 0.501. The second-order valence-electron chi connectivity index (χ2n) is 5.76. The van der Waals surface area contributed by atoms with Crippen LogP contribution in [0, 0.1) is 0 Å². The van der Waals surface area contributed by atoms with Crippen LogP contribution in [0.15, 0.2) is 48.5 Å². The summed E-state index contributed by atoms with van der Waals surface area (Å²) in [5.41, 5.74) is 1.71. The third kappa shape index (κ3) is 5.18. The summed E-state index contributed by atoms with van der Waals surface area (Å²) < 4.78 is 26.8. The predicted molar refractivity (Wildman–Crippen MR) is 110 cm³/mol. The Morgan fingerprint density at radius 1 is 1.11 bits per heavy atom. The number of carbonyl (C=O) groups is 1. The van der Waals surface area contributed by atoms with Crippen LogP contribution in [0.1, 0.15) is 17.3 Å². The number of benzene rings is 2. The van der Waals surface area contributed by atoms with Gasteiger partial charge in [-0.05, 0) is 37.3 Å². The minimum atomic E-state index is -3.38. The van der Waals surface area contributed by atoms with E-state index in [1.807, 2.05) is 24.3 Å². The van der Waals surface area contributed by atoms with Crippen molar-refractivity contribution in [3.05, 3.63) is 54.1 Å². The SMILES string of the molecule is CCS(=O)(=O)Nc1cccc(C(=O)NCCNc2nc3ccccc3s2)c1. The Labute approximate surface area is 161 Å². The molecular formula is C18H20N4O3S2. The fourth-order valence-corrected chi connectivity index (χ4v) is 3.89. The monoisotopic (exact) mass is 404 g/mol. The van der Waals surface area contributed by atoms with Gasteiger partial charge in [-0.1, -0.05) is 29.5 Å². The minimum Gasteiger partial charge on any atom is -0.360 e. The zero-order valence-corrected chi connectivity index (χ0v) is 16.4. The first-order valence-electron chi connectivity index (χ1n) is 8.45. The summed E-state index contributed by atoms with van der Waals surface area (Å²) in [6.07, 6.45) is 0. The van der Waals surface area contributed by atoms with Crippen molar-refractivity contribution in [1.82, 2.24) is 10.3 Å². The maximum Gasteiger partial charge on any atom is 0.251 e. The highest BCUT2D eigenvalue weighted by Crippen LogP contribution is 2.24. The van der Waals surface area contributed by atoms with Crippen molar-refractivity contribution in [2.24, 2.45) is 0 Å². The number of hydrogen-bond donors (Lipinski definition) is 3. The number of sulfonamides is 1. The number of anilines is 2. The summed E-state index contributed by atoms with van der Waals surface area (Å²) in [5, 5.41) is 6.80. The van der Waals surface area contributed by atoms with E-state index in [4.69, 9.17) is 0 Å². The molecule has 0 bridgehead atoms. The van der Waals surface area contributed by atoms with E-state index in [2.05, 4.69) is 20.3 Å². The van der Waals surface area contributed by atoms with Gasteiger partial charge < -0.3 is 10.6 Å². The topological polar surface area (TPSA) is 100 Å². The van der Waals surface area contributed by atoms with Gasteiger partial charge in [-0.25, -0.2) is 13.4 Å². The number of nitrogens with zero attached hydrogens (tertiary/aromatic N) is 1. The van der Waals surface area contributed by atoms with E-state index >= 15 is 0 Å². The number of para-hydroxylation sites is 1.